The number of halogens is 5. The van der Waals surface area contributed by atoms with Crippen molar-refractivity contribution in [2.24, 2.45) is 0 Å². The summed E-state index contributed by atoms with van der Waals surface area (Å²) in [5.74, 6) is -3.63. The van der Waals surface area contributed by atoms with Crippen molar-refractivity contribution in [2.75, 3.05) is 6.54 Å². The third-order valence-electron chi connectivity index (χ3n) is 3.00. The van der Waals surface area contributed by atoms with Crippen molar-refractivity contribution in [2.45, 2.75) is 37.7 Å². The fraction of sp³-hybridized carbons (Fsp3) is 0.636. The first-order chi connectivity index (χ1) is 9.66. The number of rotatable bonds is 4. The van der Waals surface area contributed by atoms with Gasteiger partial charge in [-0.2, -0.15) is 13.2 Å². The van der Waals surface area contributed by atoms with Gasteiger partial charge >= 0.3 is 6.18 Å². The van der Waals surface area contributed by atoms with Crippen LogP contribution in [0.1, 0.15) is 12.2 Å². The number of hydrogen-bond acceptors (Lipinski definition) is 3. The van der Waals surface area contributed by atoms with Gasteiger partial charge in [0.05, 0.1) is 19.1 Å². The monoisotopic (exact) mass is 312 g/mol. The highest BCUT2D eigenvalue weighted by molar-refractivity contribution is 5.82. The highest BCUT2D eigenvalue weighted by Crippen LogP contribution is 2.25. The van der Waals surface area contributed by atoms with Crippen molar-refractivity contribution in [1.29, 1.82) is 0 Å². The molecule has 0 aromatic carbocycles. The Balaban J connectivity index is 1.89. The van der Waals surface area contributed by atoms with Crippen LogP contribution in [0.5, 0.6) is 0 Å². The number of aromatic nitrogens is 2. The molecule has 1 aromatic heterocycles. The minimum atomic E-state index is -4.41. The Kier molecular flexibility index (Phi) is 4.17. The Morgan fingerprint density at radius 1 is 1.52 bits per heavy atom. The van der Waals surface area contributed by atoms with E-state index in [1.165, 1.54) is 6.20 Å². The minimum Gasteiger partial charge on any atom is -0.348 e. The minimum absolute atomic E-state index is 0.00503. The lowest BCUT2D eigenvalue weighted by Gasteiger charge is -2.13. The zero-order valence-corrected chi connectivity index (χ0v) is 10.8. The summed E-state index contributed by atoms with van der Waals surface area (Å²) < 4.78 is 63.6. The van der Waals surface area contributed by atoms with E-state index in [9.17, 15) is 26.7 Å². The van der Waals surface area contributed by atoms with Crippen molar-refractivity contribution in [1.82, 2.24) is 20.2 Å². The predicted octanol–water partition coefficient (Wildman–Crippen LogP) is 1.06. The van der Waals surface area contributed by atoms with Crippen LogP contribution in [0, 0.1) is 0 Å². The maximum Gasteiger partial charge on any atom is 0.406 e. The molecule has 1 aromatic rings. The first-order valence-electron chi connectivity index (χ1n) is 6.12. The van der Waals surface area contributed by atoms with Gasteiger partial charge < -0.3 is 9.88 Å². The number of nitrogens with zero attached hydrogens (tertiary/aromatic N) is 2. The van der Waals surface area contributed by atoms with Crippen LogP contribution in [0.15, 0.2) is 12.4 Å². The highest BCUT2D eigenvalue weighted by Gasteiger charge is 2.42. The van der Waals surface area contributed by atoms with Gasteiger partial charge in [-0.1, -0.05) is 0 Å². The maximum absolute atomic E-state index is 12.9. The lowest BCUT2D eigenvalue weighted by molar-refractivity contribution is -0.141. The molecule has 5 nitrogen and oxygen atoms in total. The van der Waals surface area contributed by atoms with Crippen molar-refractivity contribution in [3.8, 4) is 0 Å². The number of imidazole rings is 1. The molecule has 2 N–H and O–H groups in total. The molecule has 2 heterocycles. The summed E-state index contributed by atoms with van der Waals surface area (Å²) in [5.41, 5.74) is 0. The molecule has 1 aliphatic rings. The molecule has 0 saturated carbocycles. The molecular weight excluding hydrogens is 299 g/mol. The number of nitrogens with one attached hydrogen (secondary N) is 2. The van der Waals surface area contributed by atoms with Gasteiger partial charge in [0.15, 0.2) is 0 Å². The molecule has 1 amide bonds. The average Bonchev–Trinajstić information content (AvgIpc) is 2.90. The maximum atomic E-state index is 12.9. The van der Waals surface area contributed by atoms with Gasteiger partial charge in [0, 0.05) is 18.8 Å². The standard InChI is InChI=1S/C11H13F5N4O/c12-10(13)3-7(19-5-10)9(21)18-4-8-17-1-2-20(8)6-11(14,15)16/h1-2,7,19H,3-6H2,(H,18,21). The zero-order valence-electron chi connectivity index (χ0n) is 10.8. The Labute approximate surface area is 116 Å². The zero-order chi connectivity index (χ0) is 15.7. The van der Waals surface area contributed by atoms with Crippen molar-refractivity contribution in [3.63, 3.8) is 0 Å². The summed E-state index contributed by atoms with van der Waals surface area (Å²) in [6.45, 7) is -2.07. The second-order valence-corrected chi connectivity index (χ2v) is 4.80. The lowest BCUT2D eigenvalue weighted by Crippen LogP contribution is -2.40. The Hall–Kier alpha value is -1.71. The van der Waals surface area contributed by atoms with Gasteiger partial charge in [0.2, 0.25) is 5.91 Å². The van der Waals surface area contributed by atoms with Crippen LogP contribution in [0.4, 0.5) is 22.0 Å². The molecule has 118 valence electrons. The topological polar surface area (TPSA) is 59.0 Å². The second kappa shape index (κ2) is 5.58. The first-order valence-corrected chi connectivity index (χ1v) is 6.12. The fourth-order valence-electron chi connectivity index (χ4n) is 2.03. The van der Waals surface area contributed by atoms with Crippen LogP contribution < -0.4 is 10.6 Å². The molecule has 0 spiro atoms. The molecule has 1 aliphatic heterocycles. The summed E-state index contributed by atoms with van der Waals surface area (Å²) >= 11 is 0. The Morgan fingerprint density at radius 3 is 2.81 bits per heavy atom. The molecule has 2 rings (SSSR count). The summed E-state index contributed by atoms with van der Waals surface area (Å²) in [4.78, 5) is 15.4. The van der Waals surface area contributed by atoms with E-state index in [4.69, 9.17) is 0 Å². The normalized spacial score (nSPS) is 21.5. The van der Waals surface area contributed by atoms with E-state index in [1.807, 2.05) is 0 Å². The number of amides is 1. The molecule has 0 radical (unpaired) electrons. The predicted molar refractivity (Wildman–Crippen MR) is 61.5 cm³/mol. The van der Waals surface area contributed by atoms with E-state index in [1.54, 1.807) is 0 Å². The van der Waals surface area contributed by atoms with Crippen molar-refractivity contribution < 1.29 is 26.7 Å². The second-order valence-electron chi connectivity index (χ2n) is 4.80. The van der Waals surface area contributed by atoms with Gasteiger partial charge in [-0.05, 0) is 0 Å². The van der Waals surface area contributed by atoms with Crippen LogP contribution in [0.2, 0.25) is 0 Å². The van der Waals surface area contributed by atoms with Crippen LogP contribution >= 0.6 is 0 Å². The van der Waals surface area contributed by atoms with Crippen LogP contribution in [-0.2, 0) is 17.9 Å². The number of hydrogen-bond donors (Lipinski definition) is 2. The molecule has 10 heteroatoms. The molecule has 21 heavy (non-hydrogen) atoms. The number of carbonyl (C=O) groups excluding carboxylic acids is 1. The Bertz CT molecular complexity index is 513. The van der Waals surface area contributed by atoms with E-state index >= 15 is 0 Å². The first kappa shape index (κ1) is 15.7. The van der Waals surface area contributed by atoms with Crippen LogP contribution in [0.25, 0.3) is 0 Å². The Morgan fingerprint density at radius 2 is 2.24 bits per heavy atom. The van der Waals surface area contributed by atoms with Crippen molar-refractivity contribution in [3.05, 3.63) is 18.2 Å². The van der Waals surface area contributed by atoms with Crippen LogP contribution in [0.3, 0.4) is 0 Å². The van der Waals surface area contributed by atoms with Gasteiger partial charge in [0.1, 0.15) is 12.4 Å². The smallest absolute Gasteiger partial charge is 0.348 e. The summed E-state index contributed by atoms with van der Waals surface area (Å²) in [5, 5.41) is 4.67. The summed E-state index contributed by atoms with van der Waals surface area (Å²) in [7, 11) is 0. The SMILES string of the molecule is O=C(NCc1nccn1CC(F)(F)F)C1CC(F)(F)CN1. The summed E-state index contributed by atoms with van der Waals surface area (Å²) in [6, 6.07) is -1.05. The van der Waals surface area contributed by atoms with Crippen LogP contribution in [-0.4, -0.2) is 40.1 Å². The molecule has 0 aliphatic carbocycles. The van der Waals surface area contributed by atoms with E-state index < -0.39 is 43.6 Å². The third kappa shape index (κ3) is 4.38. The third-order valence-corrected chi connectivity index (χ3v) is 3.00. The highest BCUT2D eigenvalue weighted by atomic mass is 19.4. The molecule has 1 atom stereocenters. The molecule has 1 fully saturated rings. The van der Waals surface area contributed by atoms with E-state index in [-0.39, 0.29) is 12.4 Å². The van der Waals surface area contributed by atoms with Gasteiger partial charge in [0.25, 0.3) is 5.92 Å². The van der Waals surface area contributed by atoms with Crippen molar-refractivity contribution >= 4 is 5.91 Å². The van der Waals surface area contributed by atoms with Gasteiger partial charge in [-0.3, -0.25) is 10.1 Å². The molecular formula is C11H13F5N4O. The van der Waals surface area contributed by atoms with E-state index in [0.717, 1.165) is 10.8 Å². The van der Waals surface area contributed by atoms with E-state index in [2.05, 4.69) is 15.6 Å². The molecule has 0 bridgehead atoms. The fourth-order valence-corrected chi connectivity index (χ4v) is 2.03. The summed E-state index contributed by atoms with van der Waals surface area (Å²) in [6.07, 6.45) is -2.73. The van der Waals surface area contributed by atoms with E-state index in [0.29, 0.717) is 0 Å². The quantitative estimate of drug-likeness (QED) is 0.817. The average molecular weight is 312 g/mol. The van der Waals surface area contributed by atoms with Gasteiger partial charge in [-0.15, -0.1) is 0 Å². The largest absolute Gasteiger partial charge is 0.406 e. The molecule has 1 saturated heterocycles. The lowest BCUT2D eigenvalue weighted by atomic mass is 10.2. The molecule has 1 unspecified atom stereocenters. The van der Waals surface area contributed by atoms with Gasteiger partial charge in [-0.25, -0.2) is 13.8 Å². The number of alkyl halides is 5. The number of carbonyl (C=O) groups is 1.